The van der Waals surface area contributed by atoms with E-state index in [9.17, 15) is 29.7 Å². The van der Waals surface area contributed by atoms with E-state index in [2.05, 4.69) is 27.7 Å². The molecule has 0 fully saturated rings. The van der Waals surface area contributed by atoms with Gasteiger partial charge in [0.2, 0.25) is 0 Å². The Hall–Kier alpha value is -2.37. The van der Waals surface area contributed by atoms with E-state index in [4.69, 9.17) is 0 Å². The molecule has 0 radical (unpaired) electrons. The Morgan fingerprint density at radius 3 is 1.52 bits per heavy atom. The lowest BCUT2D eigenvalue weighted by Gasteiger charge is -2.17. The Morgan fingerprint density at radius 1 is 0.636 bits per heavy atom. The number of aryl methyl sites for hydroxylation is 1. The van der Waals surface area contributed by atoms with Gasteiger partial charge in [0.15, 0.2) is 0 Å². The van der Waals surface area contributed by atoms with Gasteiger partial charge in [-0.1, -0.05) is 79.1 Å². The second kappa shape index (κ2) is 14.7. The van der Waals surface area contributed by atoms with Gasteiger partial charge < -0.3 is 15.3 Å². The van der Waals surface area contributed by atoms with E-state index < -0.39 is 29.0 Å². The summed E-state index contributed by atoms with van der Waals surface area (Å²) in [5.74, 6) is -2.98. The summed E-state index contributed by atoms with van der Waals surface area (Å²) in [6.07, 6.45) is 11.2. The molecule has 0 spiro atoms. The van der Waals surface area contributed by atoms with Crippen molar-refractivity contribution in [2.75, 3.05) is 0 Å². The van der Waals surface area contributed by atoms with Crippen LogP contribution in [0.1, 0.15) is 134 Å². The van der Waals surface area contributed by atoms with Gasteiger partial charge in [-0.25, -0.2) is 14.4 Å². The molecule has 1 aromatic rings. The fourth-order valence-electron chi connectivity index (χ4n) is 4.34. The zero-order valence-corrected chi connectivity index (χ0v) is 20.8. The summed E-state index contributed by atoms with van der Waals surface area (Å²) in [6.45, 7) is 8.76. The molecule has 0 saturated carbocycles. The summed E-state index contributed by atoms with van der Waals surface area (Å²) in [7, 11) is 0. The third-order valence-corrected chi connectivity index (χ3v) is 6.12. The third kappa shape index (κ3) is 9.97. The molecule has 0 amide bonds. The first kappa shape index (κ1) is 28.7. The van der Waals surface area contributed by atoms with Crippen molar-refractivity contribution in [3.63, 3.8) is 0 Å². The number of aromatic carboxylic acids is 3. The fraction of sp³-hybridized carbons (Fsp3) is 0.667. The van der Waals surface area contributed by atoms with Crippen LogP contribution in [0.4, 0.5) is 0 Å². The largest absolute Gasteiger partial charge is 0.478 e. The number of hydrogen-bond acceptors (Lipinski definition) is 3. The van der Waals surface area contributed by atoms with Crippen molar-refractivity contribution in [1.29, 1.82) is 0 Å². The van der Waals surface area contributed by atoms with Crippen molar-refractivity contribution >= 4 is 17.9 Å². The minimum Gasteiger partial charge on any atom is -0.478 e. The minimum atomic E-state index is -1.51. The van der Waals surface area contributed by atoms with Gasteiger partial charge in [0.05, 0.1) is 16.7 Å². The summed E-state index contributed by atoms with van der Waals surface area (Å²) >= 11 is 0. The van der Waals surface area contributed by atoms with Gasteiger partial charge in [-0.3, -0.25) is 0 Å². The lowest BCUT2D eigenvalue weighted by Crippen LogP contribution is -2.19. The normalized spacial score (nSPS) is 11.3. The Balaban J connectivity index is 3.12. The molecule has 1 rings (SSSR count). The molecule has 0 aliphatic carbocycles. The molecule has 6 heteroatoms. The van der Waals surface area contributed by atoms with Crippen molar-refractivity contribution in [2.24, 2.45) is 11.8 Å². The highest BCUT2D eigenvalue weighted by Crippen LogP contribution is 2.28. The van der Waals surface area contributed by atoms with E-state index in [0.29, 0.717) is 35.8 Å². The maximum atomic E-state index is 12.1. The quantitative estimate of drug-likeness (QED) is 0.213. The Kier molecular flexibility index (Phi) is 12.8. The number of carboxylic acids is 3. The Labute approximate surface area is 198 Å². The van der Waals surface area contributed by atoms with Gasteiger partial charge in [0.1, 0.15) is 0 Å². The molecular formula is C27H42O6. The van der Waals surface area contributed by atoms with Gasteiger partial charge in [-0.2, -0.15) is 0 Å². The van der Waals surface area contributed by atoms with Crippen molar-refractivity contribution in [2.45, 2.75) is 105 Å². The molecule has 0 unspecified atom stereocenters. The molecule has 1 aromatic carbocycles. The minimum absolute atomic E-state index is 0.348. The maximum Gasteiger partial charge on any atom is 0.337 e. The third-order valence-electron chi connectivity index (χ3n) is 6.12. The molecule has 0 aliphatic heterocycles. The number of carbonyl (C=O) groups is 3. The number of benzene rings is 1. The molecule has 0 heterocycles. The lowest BCUT2D eigenvalue weighted by atomic mass is 9.86. The average molecular weight is 463 g/mol. The van der Waals surface area contributed by atoms with Crippen molar-refractivity contribution < 1.29 is 29.7 Å². The number of hydrogen-bond donors (Lipinski definition) is 3. The number of carboxylic acid groups (broad SMARTS) is 3. The monoisotopic (exact) mass is 462 g/mol. The molecule has 0 bridgehead atoms. The highest BCUT2D eigenvalue weighted by Gasteiger charge is 2.29. The van der Waals surface area contributed by atoms with Crippen LogP contribution in [0.25, 0.3) is 0 Å². The Morgan fingerprint density at radius 2 is 1.09 bits per heavy atom. The van der Waals surface area contributed by atoms with E-state index in [1.54, 1.807) is 0 Å². The van der Waals surface area contributed by atoms with Crippen LogP contribution in [0.3, 0.4) is 0 Å². The van der Waals surface area contributed by atoms with E-state index in [-0.39, 0.29) is 5.56 Å². The van der Waals surface area contributed by atoms with E-state index in [0.717, 1.165) is 57.8 Å². The van der Waals surface area contributed by atoms with E-state index >= 15 is 0 Å². The predicted octanol–water partition coefficient (Wildman–Crippen LogP) is 7.08. The maximum absolute atomic E-state index is 12.1. The van der Waals surface area contributed by atoms with Crippen molar-refractivity contribution in [3.05, 3.63) is 33.9 Å². The molecule has 3 N–H and O–H groups in total. The van der Waals surface area contributed by atoms with E-state index in [1.807, 2.05) is 0 Å². The van der Waals surface area contributed by atoms with Crippen LogP contribution in [0.5, 0.6) is 0 Å². The Bertz CT molecular complexity index is 794. The second-order valence-electron chi connectivity index (χ2n) is 9.92. The molecule has 186 valence electrons. The highest BCUT2D eigenvalue weighted by atomic mass is 16.4. The first-order valence-electron chi connectivity index (χ1n) is 12.4. The molecule has 0 aliphatic rings. The highest BCUT2D eigenvalue weighted by molar-refractivity contribution is 6.10. The van der Waals surface area contributed by atoms with Crippen LogP contribution in [0.2, 0.25) is 0 Å². The lowest BCUT2D eigenvalue weighted by molar-refractivity contribution is 0.0632. The predicted molar refractivity (Wildman–Crippen MR) is 131 cm³/mol. The molecular weight excluding hydrogens is 420 g/mol. The fourth-order valence-corrected chi connectivity index (χ4v) is 4.34. The van der Waals surface area contributed by atoms with E-state index in [1.165, 1.54) is 12.5 Å². The van der Waals surface area contributed by atoms with Gasteiger partial charge in [0, 0.05) is 0 Å². The second-order valence-corrected chi connectivity index (χ2v) is 9.92. The standard InChI is InChI=1S/C27H42O6/c1-18(2)13-9-5-7-11-15-20-17-22(25(28)29)24(27(32)33)23(26(30)31)21(20)16-12-8-6-10-14-19(3)4/h17-19H,5-16H2,1-4H3,(H,28,29)(H,30,31)(H,32,33). The molecule has 0 saturated heterocycles. The average Bonchev–Trinajstić information content (AvgIpc) is 2.71. The van der Waals surface area contributed by atoms with Gasteiger partial charge in [-0.05, 0) is 54.7 Å². The van der Waals surface area contributed by atoms with Crippen LogP contribution < -0.4 is 0 Å². The number of rotatable bonds is 17. The topological polar surface area (TPSA) is 112 Å². The zero-order chi connectivity index (χ0) is 25.0. The molecule has 0 atom stereocenters. The van der Waals surface area contributed by atoms with Crippen LogP contribution >= 0.6 is 0 Å². The number of unbranched alkanes of at least 4 members (excludes halogenated alkanes) is 6. The van der Waals surface area contributed by atoms with Crippen molar-refractivity contribution in [1.82, 2.24) is 0 Å². The first-order valence-corrected chi connectivity index (χ1v) is 12.4. The summed E-state index contributed by atoms with van der Waals surface area (Å²) in [5, 5.41) is 29.1. The molecule has 0 aromatic heterocycles. The summed E-state index contributed by atoms with van der Waals surface area (Å²) < 4.78 is 0. The molecule has 33 heavy (non-hydrogen) atoms. The smallest absolute Gasteiger partial charge is 0.337 e. The van der Waals surface area contributed by atoms with Crippen molar-refractivity contribution in [3.8, 4) is 0 Å². The summed E-state index contributed by atoms with van der Waals surface area (Å²) in [5.41, 5.74) is -0.225. The first-order chi connectivity index (χ1) is 15.6. The summed E-state index contributed by atoms with van der Waals surface area (Å²) in [4.78, 5) is 35.7. The van der Waals surface area contributed by atoms with Crippen LogP contribution in [-0.4, -0.2) is 33.2 Å². The van der Waals surface area contributed by atoms with Gasteiger partial charge in [-0.15, -0.1) is 0 Å². The van der Waals surface area contributed by atoms with Crippen LogP contribution in [-0.2, 0) is 12.8 Å². The van der Waals surface area contributed by atoms with Crippen LogP contribution in [0, 0.1) is 11.8 Å². The molecule has 6 nitrogen and oxygen atoms in total. The van der Waals surface area contributed by atoms with Crippen LogP contribution in [0.15, 0.2) is 6.07 Å². The zero-order valence-electron chi connectivity index (χ0n) is 20.8. The van der Waals surface area contributed by atoms with Gasteiger partial charge in [0.25, 0.3) is 0 Å². The SMILES string of the molecule is CC(C)CCCCCCc1cc(C(=O)O)c(C(=O)O)c(C(=O)O)c1CCCCCCC(C)C. The summed E-state index contributed by atoms with van der Waals surface area (Å²) in [6, 6.07) is 1.40. The van der Waals surface area contributed by atoms with Gasteiger partial charge >= 0.3 is 17.9 Å².